The lowest BCUT2D eigenvalue weighted by molar-refractivity contribution is 0.437. The quantitative estimate of drug-likeness (QED) is 0.646. The molecule has 2 nitrogen and oxygen atoms in total. The minimum atomic E-state index is -0.335. The SMILES string of the molecule is NC(=Nc1ccc(Br)cc1F)C1CCCCC1. The van der Waals surface area contributed by atoms with Gasteiger partial charge >= 0.3 is 0 Å². The highest BCUT2D eigenvalue weighted by molar-refractivity contribution is 9.10. The van der Waals surface area contributed by atoms with Crippen molar-refractivity contribution in [2.45, 2.75) is 32.1 Å². The monoisotopic (exact) mass is 298 g/mol. The Balaban J connectivity index is 2.16. The molecule has 2 N–H and O–H groups in total. The highest BCUT2D eigenvalue weighted by Crippen LogP contribution is 2.27. The third-order valence-electron chi connectivity index (χ3n) is 3.18. The van der Waals surface area contributed by atoms with Gasteiger partial charge in [0.25, 0.3) is 0 Å². The molecule has 0 aromatic heterocycles. The molecule has 0 atom stereocenters. The van der Waals surface area contributed by atoms with E-state index in [1.54, 1.807) is 12.1 Å². The molecule has 1 saturated carbocycles. The van der Waals surface area contributed by atoms with Crippen molar-refractivity contribution < 1.29 is 4.39 Å². The zero-order chi connectivity index (χ0) is 12.3. The molecular formula is C13H16BrFN2. The maximum absolute atomic E-state index is 13.6. The molecule has 0 spiro atoms. The fourth-order valence-electron chi connectivity index (χ4n) is 2.20. The number of nitrogens with zero attached hydrogens (tertiary/aromatic N) is 1. The van der Waals surface area contributed by atoms with E-state index in [4.69, 9.17) is 5.73 Å². The van der Waals surface area contributed by atoms with Crippen molar-refractivity contribution in [2.75, 3.05) is 0 Å². The zero-order valence-corrected chi connectivity index (χ0v) is 11.2. The van der Waals surface area contributed by atoms with Gasteiger partial charge in [0.05, 0.1) is 0 Å². The molecule has 0 unspecified atom stereocenters. The van der Waals surface area contributed by atoms with Crippen LogP contribution >= 0.6 is 15.9 Å². The fourth-order valence-corrected chi connectivity index (χ4v) is 2.53. The highest BCUT2D eigenvalue weighted by Gasteiger charge is 2.17. The average molecular weight is 299 g/mol. The van der Waals surface area contributed by atoms with Crippen LogP contribution in [0.1, 0.15) is 32.1 Å². The van der Waals surface area contributed by atoms with E-state index in [1.165, 1.54) is 25.3 Å². The van der Waals surface area contributed by atoms with Crippen LogP contribution in [-0.4, -0.2) is 5.84 Å². The standard InChI is InChI=1S/C13H16BrFN2/c14-10-6-7-12(11(15)8-10)17-13(16)9-4-2-1-3-5-9/h6-9H,1-5H2,(H2,16,17). The number of halogens is 2. The van der Waals surface area contributed by atoms with Gasteiger partial charge in [-0.05, 0) is 31.0 Å². The molecule has 17 heavy (non-hydrogen) atoms. The van der Waals surface area contributed by atoms with Crippen molar-refractivity contribution in [2.24, 2.45) is 16.6 Å². The molecule has 1 aromatic carbocycles. The summed E-state index contributed by atoms with van der Waals surface area (Å²) in [5, 5.41) is 0. The first-order chi connectivity index (χ1) is 8.16. The van der Waals surface area contributed by atoms with Crippen molar-refractivity contribution >= 4 is 27.5 Å². The molecule has 0 radical (unpaired) electrons. The molecule has 2 rings (SSSR count). The van der Waals surface area contributed by atoms with Crippen LogP contribution < -0.4 is 5.73 Å². The lowest BCUT2D eigenvalue weighted by Crippen LogP contribution is -2.25. The summed E-state index contributed by atoms with van der Waals surface area (Å²) >= 11 is 3.22. The molecule has 1 aliphatic rings. The fraction of sp³-hybridized carbons (Fsp3) is 0.462. The van der Waals surface area contributed by atoms with Crippen molar-refractivity contribution in [3.05, 3.63) is 28.5 Å². The van der Waals surface area contributed by atoms with Crippen molar-refractivity contribution in [3.8, 4) is 0 Å². The summed E-state index contributed by atoms with van der Waals surface area (Å²) in [5.41, 5.74) is 6.29. The van der Waals surface area contributed by atoms with Gasteiger partial charge in [-0.25, -0.2) is 9.38 Å². The Labute approximate surface area is 109 Å². The van der Waals surface area contributed by atoms with Gasteiger partial charge in [0.1, 0.15) is 17.3 Å². The molecule has 92 valence electrons. The molecule has 1 fully saturated rings. The minimum Gasteiger partial charge on any atom is -0.387 e. The average Bonchev–Trinajstić information content (AvgIpc) is 2.34. The lowest BCUT2D eigenvalue weighted by atomic mass is 9.88. The van der Waals surface area contributed by atoms with Crippen LogP contribution in [-0.2, 0) is 0 Å². The number of nitrogens with two attached hydrogens (primary N) is 1. The van der Waals surface area contributed by atoms with Gasteiger partial charge in [0, 0.05) is 10.4 Å². The minimum absolute atomic E-state index is 0.326. The number of hydrogen-bond acceptors (Lipinski definition) is 1. The predicted molar refractivity (Wildman–Crippen MR) is 72.0 cm³/mol. The zero-order valence-electron chi connectivity index (χ0n) is 9.63. The summed E-state index contributed by atoms with van der Waals surface area (Å²) in [6, 6.07) is 4.83. The maximum atomic E-state index is 13.6. The van der Waals surface area contributed by atoms with E-state index in [1.807, 2.05) is 0 Å². The van der Waals surface area contributed by atoms with E-state index >= 15 is 0 Å². The Morgan fingerprint density at radius 2 is 2.00 bits per heavy atom. The number of benzene rings is 1. The van der Waals surface area contributed by atoms with E-state index in [-0.39, 0.29) is 5.82 Å². The second-order valence-electron chi connectivity index (χ2n) is 4.47. The molecule has 0 aliphatic heterocycles. The molecule has 1 aliphatic carbocycles. The van der Waals surface area contributed by atoms with Crippen LogP contribution in [0, 0.1) is 11.7 Å². The molecule has 0 bridgehead atoms. The van der Waals surface area contributed by atoms with E-state index in [9.17, 15) is 4.39 Å². The van der Waals surface area contributed by atoms with E-state index in [2.05, 4.69) is 20.9 Å². The normalized spacial score (nSPS) is 18.4. The van der Waals surface area contributed by atoms with E-state index < -0.39 is 0 Å². The van der Waals surface area contributed by atoms with Gasteiger partial charge in [-0.2, -0.15) is 0 Å². The van der Waals surface area contributed by atoms with Crippen LogP contribution in [0.5, 0.6) is 0 Å². The number of amidine groups is 1. The number of rotatable bonds is 2. The molecular weight excluding hydrogens is 283 g/mol. The van der Waals surface area contributed by atoms with Gasteiger partial charge in [0.15, 0.2) is 0 Å². The summed E-state index contributed by atoms with van der Waals surface area (Å²) < 4.78 is 14.3. The van der Waals surface area contributed by atoms with Gasteiger partial charge in [-0.1, -0.05) is 35.2 Å². The Kier molecular flexibility index (Phi) is 4.15. The van der Waals surface area contributed by atoms with Crippen LogP contribution in [0.3, 0.4) is 0 Å². The van der Waals surface area contributed by atoms with Crippen molar-refractivity contribution in [3.63, 3.8) is 0 Å². The van der Waals surface area contributed by atoms with Crippen molar-refractivity contribution in [1.82, 2.24) is 0 Å². The van der Waals surface area contributed by atoms with Crippen LogP contribution in [0.15, 0.2) is 27.7 Å². The first-order valence-electron chi connectivity index (χ1n) is 5.96. The van der Waals surface area contributed by atoms with Gasteiger partial charge in [-0.15, -0.1) is 0 Å². The summed E-state index contributed by atoms with van der Waals surface area (Å²) in [5.74, 6) is 0.566. The lowest BCUT2D eigenvalue weighted by Gasteiger charge is -2.20. The third kappa shape index (κ3) is 3.28. The summed E-state index contributed by atoms with van der Waals surface area (Å²) in [6.45, 7) is 0. The summed E-state index contributed by atoms with van der Waals surface area (Å²) in [7, 11) is 0. The first kappa shape index (κ1) is 12.6. The summed E-state index contributed by atoms with van der Waals surface area (Å²) in [4.78, 5) is 4.22. The molecule has 1 aromatic rings. The third-order valence-corrected chi connectivity index (χ3v) is 3.68. The Hall–Kier alpha value is -0.900. The summed E-state index contributed by atoms with van der Waals surface area (Å²) in [6.07, 6.45) is 5.82. The topological polar surface area (TPSA) is 38.4 Å². The highest BCUT2D eigenvalue weighted by atomic mass is 79.9. The van der Waals surface area contributed by atoms with Gasteiger partial charge in [-0.3, -0.25) is 0 Å². The Morgan fingerprint density at radius 1 is 1.29 bits per heavy atom. The molecule has 0 saturated heterocycles. The second kappa shape index (κ2) is 5.63. The van der Waals surface area contributed by atoms with Gasteiger partial charge in [0.2, 0.25) is 0 Å². The van der Waals surface area contributed by atoms with Crippen LogP contribution in [0.25, 0.3) is 0 Å². The Bertz CT molecular complexity index is 425. The predicted octanol–water partition coefficient (Wildman–Crippen LogP) is 4.16. The maximum Gasteiger partial charge on any atom is 0.149 e. The van der Waals surface area contributed by atoms with Crippen molar-refractivity contribution in [1.29, 1.82) is 0 Å². The Morgan fingerprint density at radius 3 is 2.65 bits per heavy atom. The van der Waals surface area contributed by atoms with E-state index in [0.717, 1.165) is 12.8 Å². The molecule has 0 heterocycles. The van der Waals surface area contributed by atoms with Gasteiger partial charge < -0.3 is 5.73 Å². The molecule has 4 heteroatoms. The number of hydrogen-bond donors (Lipinski definition) is 1. The largest absolute Gasteiger partial charge is 0.387 e. The van der Waals surface area contributed by atoms with E-state index in [0.29, 0.717) is 21.9 Å². The second-order valence-corrected chi connectivity index (χ2v) is 5.38. The number of aliphatic imine (C=N–C) groups is 1. The smallest absolute Gasteiger partial charge is 0.149 e. The molecule has 0 amide bonds. The van der Waals surface area contributed by atoms with Crippen LogP contribution in [0.2, 0.25) is 0 Å². The first-order valence-corrected chi connectivity index (χ1v) is 6.75. The van der Waals surface area contributed by atoms with Crippen LogP contribution in [0.4, 0.5) is 10.1 Å².